The van der Waals surface area contributed by atoms with Crippen LogP contribution in [0, 0.1) is 0 Å². The normalized spacial score (nSPS) is 11.5. The molecule has 2 aromatic carbocycles. The predicted molar refractivity (Wildman–Crippen MR) is 103 cm³/mol. The molecule has 0 aliphatic rings. The van der Waals surface area contributed by atoms with Gasteiger partial charge in [-0.3, -0.25) is 10.1 Å². The highest BCUT2D eigenvalue weighted by Gasteiger charge is 2.11. The molecule has 2 rings (SSSR count). The van der Waals surface area contributed by atoms with Crippen molar-refractivity contribution in [2.45, 2.75) is 26.2 Å². The number of rotatable bonds is 5. The first-order chi connectivity index (χ1) is 11.9. The smallest absolute Gasteiger partial charge is 0.257 e. The van der Waals surface area contributed by atoms with E-state index in [1.807, 2.05) is 12.1 Å². The molecule has 2 aromatic rings. The monoisotopic (exact) mass is 358 g/mol. The van der Waals surface area contributed by atoms with Crippen molar-refractivity contribution in [2.75, 3.05) is 12.4 Å². The molecule has 0 bridgehead atoms. The van der Waals surface area contributed by atoms with Gasteiger partial charge in [-0.1, -0.05) is 19.9 Å². The highest BCUT2D eigenvalue weighted by molar-refractivity contribution is 7.80. The number of ether oxygens (including phenoxy) is 1. The van der Waals surface area contributed by atoms with Crippen LogP contribution in [0.3, 0.4) is 0 Å². The van der Waals surface area contributed by atoms with Crippen LogP contribution in [0.1, 0.15) is 42.1 Å². The third-order valence-electron chi connectivity index (χ3n) is 4.03. The fourth-order valence-electron chi connectivity index (χ4n) is 2.27. The Kier molecular flexibility index (Phi) is 6.36. The fourth-order valence-corrected chi connectivity index (χ4v) is 2.47. The zero-order chi connectivity index (χ0) is 18.4. The number of anilines is 1. The first-order valence-corrected chi connectivity index (χ1v) is 8.44. The second-order valence-electron chi connectivity index (χ2n) is 5.72. The third kappa shape index (κ3) is 4.93. The number of carbonyl (C=O) groups is 1. The average Bonchev–Trinajstić information content (AvgIpc) is 2.62. The topological polar surface area (TPSA) is 70.6 Å². The molecule has 0 saturated heterocycles. The predicted octanol–water partition coefficient (Wildman–Crippen LogP) is 4.04. The summed E-state index contributed by atoms with van der Waals surface area (Å²) in [6.45, 7) is 4.21. The van der Waals surface area contributed by atoms with Crippen LogP contribution in [0.15, 0.2) is 42.5 Å². The molecule has 3 N–H and O–H groups in total. The molecule has 0 fully saturated rings. The largest absolute Gasteiger partial charge is 0.506 e. The fraction of sp³-hybridized carbons (Fsp3) is 0.263. The minimum atomic E-state index is -0.335. The molecule has 5 nitrogen and oxygen atoms in total. The molecule has 1 atom stereocenters. The van der Waals surface area contributed by atoms with Crippen LogP contribution >= 0.6 is 12.2 Å². The van der Waals surface area contributed by atoms with Crippen LogP contribution in [0.4, 0.5) is 5.69 Å². The Morgan fingerprint density at radius 2 is 1.92 bits per heavy atom. The molecule has 0 spiro atoms. The standard InChI is InChI=1S/C19H22N2O3S/c1-4-12(2)14-7-10-17(22)16(11-14)20-19(25)21-18(23)13-5-8-15(24-3)9-6-13/h5-12,22H,4H2,1-3H3,(H2,20,21,23,25). The summed E-state index contributed by atoms with van der Waals surface area (Å²) in [5.41, 5.74) is 2.02. The Bertz CT molecular complexity index is 760. The molecule has 0 heterocycles. The zero-order valence-corrected chi connectivity index (χ0v) is 15.3. The molecule has 0 aliphatic carbocycles. The van der Waals surface area contributed by atoms with Gasteiger partial charge in [0.25, 0.3) is 5.91 Å². The van der Waals surface area contributed by atoms with E-state index in [-0.39, 0.29) is 16.8 Å². The molecule has 6 heteroatoms. The second kappa shape index (κ2) is 8.48. The summed E-state index contributed by atoms with van der Waals surface area (Å²) in [6, 6.07) is 12.1. The SMILES string of the molecule is CCC(C)c1ccc(O)c(NC(=S)NC(=O)c2ccc(OC)cc2)c1. The van der Waals surface area contributed by atoms with Gasteiger partial charge in [0.2, 0.25) is 0 Å². The molecule has 0 aliphatic heterocycles. The number of hydrogen-bond acceptors (Lipinski definition) is 4. The first-order valence-electron chi connectivity index (χ1n) is 8.04. The summed E-state index contributed by atoms with van der Waals surface area (Å²) < 4.78 is 5.06. The van der Waals surface area contributed by atoms with Gasteiger partial charge in [0, 0.05) is 5.56 Å². The number of benzene rings is 2. The van der Waals surface area contributed by atoms with Gasteiger partial charge in [0.15, 0.2) is 5.11 Å². The molecule has 0 radical (unpaired) electrons. The highest BCUT2D eigenvalue weighted by atomic mass is 32.1. The van der Waals surface area contributed by atoms with E-state index in [1.54, 1.807) is 37.4 Å². The van der Waals surface area contributed by atoms with Gasteiger partial charge in [0.1, 0.15) is 11.5 Å². The quantitative estimate of drug-likeness (QED) is 0.556. The maximum absolute atomic E-state index is 12.2. The van der Waals surface area contributed by atoms with Crippen molar-refractivity contribution in [3.63, 3.8) is 0 Å². The van der Waals surface area contributed by atoms with E-state index in [4.69, 9.17) is 17.0 Å². The lowest BCUT2D eigenvalue weighted by Gasteiger charge is -2.15. The number of hydrogen-bond donors (Lipinski definition) is 3. The lowest BCUT2D eigenvalue weighted by atomic mass is 9.98. The Morgan fingerprint density at radius 1 is 1.24 bits per heavy atom. The number of phenolic OH excluding ortho intramolecular Hbond substituents is 1. The number of aromatic hydroxyl groups is 1. The maximum atomic E-state index is 12.2. The van der Waals surface area contributed by atoms with Crippen molar-refractivity contribution < 1.29 is 14.6 Å². The minimum Gasteiger partial charge on any atom is -0.506 e. The Hall–Kier alpha value is -2.60. The molecule has 132 valence electrons. The Labute approximate surface area is 153 Å². The van der Waals surface area contributed by atoms with Gasteiger partial charge in [-0.15, -0.1) is 0 Å². The molecule has 25 heavy (non-hydrogen) atoms. The van der Waals surface area contributed by atoms with Gasteiger partial charge in [-0.2, -0.15) is 0 Å². The summed E-state index contributed by atoms with van der Waals surface area (Å²) in [7, 11) is 1.56. The number of nitrogens with one attached hydrogen (secondary N) is 2. The number of thiocarbonyl (C=S) groups is 1. The first kappa shape index (κ1) is 18.7. The lowest BCUT2D eigenvalue weighted by Crippen LogP contribution is -2.34. The van der Waals surface area contributed by atoms with E-state index >= 15 is 0 Å². The summed E-state index contributed by atoms with van der Waals surface area (Å²) in [6.07, 6.45) is 0.989. The number of phenols is 1. The number of carbonyl (C=O) groups excluding carboxylic acids is 1. The van der Waals surface area contributed by atoms with Crippen LogP contribution in [-0.2, 0) is 0 Å². The van der Waals surface area contributed by atoms with E-state index in [1.165, 1.54) is 0 Å². The van der Waals surface area contributed by atoms with Gasteiger partial charge < -0.3 is 15.2 Å². The van der Waals surface area contributed by atoms with Crippen molar-refractivity contribution in [1.82, 2.24) is 5.32 Å². The highest BCUT2D eigenvalue weighted by Crippen LogP contribution is 2.29. The Morgan fingerprint density at radius 3 is 2.52 bits per heavy atom. The summed E-state index contributed by atoms with van der Waals surface area (Å²) >= 11 is 5.18. The lowest BCUT2D eigenvalue weighted by molar-refractivity contribution is 0.0977. The van der Waals surface area contributed by atoms with Crippen LogP contribution in [0.2, 0.25) is 0 Å². The molecule has 0 saturated carbocycles. The van der Waals surface area contributed by atoms with Crippen molar-refractivity contribution in [3.05, 3.63) is 53.6 Å². The van der Waals surface area contributed by atoms with Gasteiger partial charge in [-0.25, -0.2) is 0 Å². The van der Waals surface area contributed by atoms with E-state index in [0.717, 1.165) is 12.0 Å². The summed E-state index contributed by atoms with van der Waals surface area (Å²) in [5, 5.41) is 15.6. The second-order valence-corrected chi connectivity index (χ2v) is 6.13. The van der Waals surface area contributed by atoms with Crippen LogP contribution in [0.25, 0.3) is 0 Å². The van der Waals surface area contributed by atoms with Crippen molar-refractivity contribution in [2.24, 2.45) is 0 Å². The van der Waals surface area contributed by atoms with E-state index < -0.39 is 0 Å². The molecule has 0 aromatic heterocycles. The molecular weight excluding hydrogens is 336 g/mol. The van der Waals surface area contributed by atoms with Crippen molar-refractivity contribution in [1.29, 1.82) is 0 Å². The van der Waals surface area contributed by atoms with Crippen LogP contribution in [-0.4, -0.2) is 23.2 Å². The molecular formula is C19H22N2O3S. The van der Waals surface area contributed by atoms with Crippen molar-refractivity contribution >= 4 is 28.9 Å². The molecule has 1 unspecified atom stereocenters. The summed E-state index contributed by atoms with van der Waals surface area (Å²) in [5.74, 6) is 0.776. The molecule has 1 amide bonds. The van der Waals surface area contributed by atoms with E-state index in [2.05, 4.69) is 24.5 Å². The van der Waals surface area contributed by atoms with Crippen LogP contribution in [0.5, 0.6) is 11.5 Å². The number of amides is 1. The van der Waals surface area contributed by atoms with E-state index in [9.17, 15) is 9.90 Å². The van der Waals surface area contributed by atoms with Gasteiger partial charge in [-0.05, 0) is 66.5 Å². The van der Waals surface area contributed by atoms with Crippen LogP contribution < -0.4 is 15.4 Å². The zero-order valence-electron chi connectivity index (χ0n) is 14.5. The van der Waals surface area contributed by atoms with Gasteiger partial charge >= 0.3 is 0 Å². The van der Waals surface area contributed by atoms with Crippen molar-refractivity contribution in [3.8, 4) is 11.5 Å². The van der Waals surface area contributed by atoms with E-state index in [0.29, 0.717) is 22.9 Å². The van der Waals surface area contributed by atoms with Gasteiger partial charge in [0.05, 0.1) is 12.8 Å². The Balaban J connectivity index is 2.05. The third-order valence-corrected chi connectivity index (χ3v) is 4.23. The minimum absolute atomic E-state index is 0.0769. The average molecular weight is 358 g/mol. The summed E-state index contributed by atoms with van der Waals surface area (Å²) in [4.78, 5) is 12.2. The number of methoxy groups -OCH3 is 1. The maximum Gasteiger partial charge on any atom is 0.257 e.